The highest BCUT2D eigenvalue weighted by atomic mass is 32.2. The Kier molecular flexibility index (Phi) is 6.18. The Morgan fingerprint density at radius 1 is 1.17 bits per heavy atom. The molecule has 1 aliphatic heterocycles. The second kappa shape index (κ2) is 8.78. The first kappa shape index (κ1) is 20.4. The van der Waals surface area contributed by atoms with Gasteiger partial charge < -0.3 is 9.47 Å². The van der Waals surface area contributed by atoms with Crippen LogP contribution in [0.5, 0.6) is 11.5 Å². The largest absolute Gasteiger partial charge is 0.493 e. The smallest absolute Gasteiger partial charge is 0.293 e. The fourth-order valence-corrected chi connectivity index (χ4v) is 3.67. The highest BCUT2D eigenvalue weighted by molar-refractivity contribution is 8.18. The Bertz CT molecular complexity index is 1000. The Morgan fingerprint density at radius 2 is 1.93 bits per heavy atom. The number of amides is 2. The van der Waals surface area contributed by atoms with Gasteiger partial charge in [0.1, 0.15) is 0 Å². The number of carbonyl (C=O) groups is 2. The summed E-state index contributed by atoms with van der Waals surface area (Å²) in [6, 6.07) is 11.2. The van der Waals surface area contributed by atoms with Gasteiger partial charge in [-0.05, 0) is 42.5 Å². The number of benzene rings is 2. The van der Waals surface area contributed by atoms with Gasteiger partial charge >= 0.3 is 0 Å². The van der Waals surface area contributed by atoms with Gasteiger partial charge in [-0.3, -0.25) is 24.6 Å². The van der Waals surface area contributed by atoms with E-state index in [-0.39, 0.29) is 17.1 Å². The van der Waals surface area contributed by atoms with Gasteiger partial charge in [-0.1, -0.05) is 24.3 Å². The molecule has 0 N–H and O–H groups in total. The van der Waals surface area contributed by atoms with Crippen LogP contribution in [0.4, 0.5) is 10.5 Å². The topological polar surface area (TPSA) is 99.0 Å². The number of hydrogen-bond donors (Lipinski definition) is 0. The molecule has 1 saturated heterocycles. The number of hydrogen-bond acceptors (Lipinski definition) is 7. The van der Waals surface area contributed by atoms with E-state index in [1.807, 2.05) is 6.92 Å². The van der Waals surface area contributed by atoms with Crippen molar-refractivity contribution in [2.75, 3.05) is 13.7 Å². The fraction of sp³-hybridized carbons (Fsp3) is 0.200. The molecule has 0 atom stereocenters. The van der Waals surface area contributed by atoms with Crippen molar-refractivity contribution in [2.45, 2.75) is 13.5 Å². The molecule has 9 heteroatoms. The number of rotatable bonds is 7. The highest BCUT2D eigenvalue weighted by Gasteiger charge is 2.36. The molecule has 0 spiro atoms. The van der Waals surface area contributed by atoms with E-state index in [9.17, 15) is 19.7 Å². The maximum Gasteiger partial charge on any atom is 0.293 e. The second-order valence-electron chi connectivity index (χ2n) is 6.00. The molecular weight excluding hydrogens is 396 g/mol. The van der Waals surface area contributed by atoms with Crippen LogP contribution in [0.3, 0.4) is 0 Å². The van der Waals surface area contributed by atoms with Gasteiger partial charge in [0.2, 0.25) is 0 Å². The standard InChI is InChI=1S/C20H18N2O6S/c1-3-28-17-10-13(8-9-16(17)27-2)11-18-19(23)21(20(24)29-18)12-14-6-4-5-7-15(14)22(25)26/h4-11H,3,12H2,1-2H3. The molecular formula is C20H18N2O6S. The number of nitro benzene ring substituents is 1. The third kappa shape index (κ3) is 4.40. The number of carbonyl (C=O) groups excluding carboxylic acids is 2. The lowest BCUT2D eigenvalue weighted by Gasteiger charge is -2.12. The van der Waals surface area contributed by atoms with Gasteiger partial charge in [-0.15, -0.1) is 0 Å². The van der Waals surface area contributed by atoms with E-state index in [1.54, 1.807) is 30.3 Å². The van der Waals surface area contributed by atoms with Crippen molar-refractivity contribution < 1.29 is 24.0 Å². The van der Waals surface area contributed by atoms with Crippen LogP contribution in [0.1, 0.15) is 18.1 Å². The molecule has 0 bridgehead atoms. The van der Waals surface area contributed by atoms with Crippen LogP contribution in [0.15, 0.2) is 47.4 Å². The molecule has 3 rings (SSSR count). The van der Waals surface area contributed by atoms with Crippen LogP contribution in [-0.4, -0.2) is 34.7 Å². The first-order valence-corrected chi connectivity index (χ1v) is 9.54. The Labute approximate surface area is 171 Å². The monoisotopic (exact) mass is 414 g/mol. The lowest BCUT2D eigenvalue weighted by atomic mass is 10.1. The Morgan fingerprint density at radius 3 is 2.62 bits per heavy atom. The van der Waals surface area contributed by atoms with Crippen molar-refractivity contribution in [2.24, 2.45) is 0 Å². The van der Waals surface area contributed by atoms with Crippen molar-refractivity contribution in [1.82, 2.24) is 4.90 Å². The van der Waals surface area contributed by atoms with E-state index in [1.165, 1.54) is 25.3 Å². The van der Waals surface area contributed by atoms with Crippen molar-refractivity contribution in [1.29, 1.82) is 0 Å². The zero-order valence-corrected chi connectivity index (χ0v) is 16.6. The lowest BCUT2D eigenvalue weighted by molar-refractivity contribution is -0.385. The molecule has 1 aliphatic rings. The molecule has 0 aliphatic carbocycles. The van der Waals surface area contributed by atoms with Crippen LogP contribution >= 0.6 is 11.8 Å². The average Bonchev–Trinajstić information content (AvgIpc) is 2.96. The summed E-state index contributed by atoms with van der Waals surface area (Å²) in [5.74, 6) is 0.600. The summed E-state index contributed by atoms with van der Waals surface area (Å²) in [5, 5.41) is 10.7. The lowest BCUT2D eigenvalue weighted by Crippen LogP contribution is -2.27. The van der Waals surface area contributed by atoms with Crippen LogP contribution < -0.4 is 9.47 Å². The van der Waals surface area contributed by atoms with Crippen molar-refractivity contribution in [3.05, 3.63) is 68.6 Å². The van der Waals surface area contributed by atoms with E-state index < -0.39 is 16.1 Å². The highest BCUT2D eigenvalue weighted by Crippen LogP contribution is 2.36. The minimum Gasteiger partial charge on any atom is -0.493 e. The number of nitrogens with zero attached hydrogens (tertiary/aromatic N) is 2. The van der Waals surface area contributed by atoms with E-state index in [0.29, 0.717) is 29.2 Å². The first-order valence-electron chi connectivity index (χ1n) is 8.73. The summed E-state index contributed by atoms with van der Waals surface area (Å²) in [5.41, 5.74) is 0.835. The summed E-state index contributed by atoms with van der Waals surface area (Å²) < 4.78 is 10.8. The molecule has 2 aromatic rings. The van der Waals surface area contributed by atoms with Crippen LogP contribution in [0.2, 0.25) is 0 Å². The maximum atomic E-state index is 12.7. The van der Waals surface area contributed by atoms with Crippen molar-refractivity contribution in [3.63, 3.8) is 0 Å². The van der Waals surface area contributed by atoms with Gasteiger partial charge in [0.15, 0.2) is 11.5 Å². The summed E-state index contributed by atoms with van der Waals surface area (Å²) in [6.07, 6.45) is 1.59. The van der Waals surface area contributed by atoms with Gasteiger partial charge in [0.25, 0.3) is 16.8 Å². The molecule has 8 nitrogen and oxygen atoms in total. The molecule has 0 unspecified atom stereocenters. The molecule has 29 heavy (non-hydrogen) atoms. The summed E-state index contributed by atoms with van der Waals surface area (Å²) in [6.45, 7) is 2.14. The average molecular weight is 414 g/mol. The third-order valence-electron chi connectivity index (χ3n) is 4.18. The zero-order chi connectivity index (χ0) is 21.0. The van der Waals surface area contributed by atoms with E-state index in [0.717, 1.165) is 16.7 Å². The molecule has 1 fully saturated rings. The van der Waals surface area contributed by atoms with E-state index in [2.05, 4.69) is 0 Å². The second-order valence-corrected chi connectivity index (χ2v) is 6.99. The molecule has 2 aromatic carbocycles. The van der Waals surface area contributed by atoms with Crippen molar-refractivity contribution in [3.8, 4) is 11.5 Å². The molecule has 0 radical (unpaired) electrons. The summed E-state index contributed by atoms with van der Waals surface area (Å²) in [4.78, 5) is 37.0. The maximum absolute atomic E-state index is 12.7. The zero-order valence-electron chi connectivity index (χ0n) is 15.8. The van der Waals surface area contributed by atoms with Gasteiger partial charge in [-0.2, -0.15) is 0 Å². The molecule has 0 aromatic heterocycles. The van der Waals surface area contributed by atoms with E-state index in [4.69, 9.17) is 9.47 Å². The van der Waals surface area contributed by atoms with Gasteiger partial charge in [0.05, 0.1) is 30.1 Å². The Balaban J connectivity index is 1.86. The SMILES string of the molecule is CCOc1cc(C=C2SC(=O)N(Cc3ccccc3[N+](=O)[O-])C2=O)ccc1OC. The quantitative estimate of drug-likeness (QED) is 0.380. The molecule has 2 amide bonds. The van der Waals surface area contributed by atoms with Crippen molar-refractivity contribution >= 4 is 34.7 Å². The predicted octanol–water partition coefficient (Wildman–Crippen LogP) is 4.24. The third-order valence-corrected chi connectivity index (χ3v) is 5.08. The first-order chi connectivity index (χ1) is 13.9. The van der Waals surface area contributed by atoms with Crippen LogP contribution in [0, 0.1) is 10.1 Å². The predicted molar refractivity (Wildman–Crippen MR) is 109 cm³/mol. The van der Waals surface area contributed by atoms with Gasteiger partial charge in [-0.25, -0.2) is 0 Å². The number of nitro groups is 1. The van der Waals surface area contributed by atoms with Crippen LogP contribution in [-0.2, 0) is 11.3 Å². The number of ether oxygens (including phenoxy) is 2. The molecule has 0 saturated carbocycles. The Hall–Kier alpha value is -3.33. The van der Waals surface area contributed by atoms with Gasteiger partial charge in [0, 0.05) is 11.6 Å². The fourth-order valence-electron chi connectivity index (χ4n) is 2.83. The molecule has 150 valence electrons. The minimum absolute atomic E-state index is 0.132. The number of methoxy groups -OCH3 is 1. The molecule has 1 heterocycles. The normalized spacial score (nSPS) is 15.1. The number of thioether (sulfide) groups is 1. The number of imide groups is 1. The minimum atomic E-state index is -0.531. The summed E-state index contributed by atoms with van der Waals surface area (Å²) in [7, 11) is 1.53. The van der Waals surface area contributed by atoms with E-state index >= 15 is 0 Å². The number of para-hydroxylation sites is 1. The van der Waals surface area contributed by atoms with Crippen LogP contribution in [0.25, 0.3) is 6.08 Å². The summed E-state index contributed by atoms with van der Waals surface area (Å²) >= 11 is 0.796.